The smallest absolute Gasteiger partial charge is 0.189 e. The average molecular weight is 164 g/mol. The van der Waals surface area contributed by atoms with Crippen LogP contribution in [0.2, 0.25) is 6.32 Å². The van der Waals surface area contributed by atoms with Gasteiger partial charge in [0.05, 0.1) is 0 Å². The van der Waals surface area contributed by atoms with Crippen LogP contribution in [0, 0.1) is 0 Å². The zero-order valence-corrected chi connectivity index (χ0v) is 7.31. The Labute approximate surface area is 72.6 Å². The van der Waals surface area contributed by atoms with Crippen molar-refractivity contribution in [2.45, 2.75) is 19.2 Å². The fraction of sp³-hybridized carbons (Fsp3) is 0.333. The molecule has 0 aliphatic carbocycles. The third-order valence-electron chi connectivity index (χ3n) is 2.42. The van der Waals surface area contributed by atoms with Gasteiger partial charge in [-0.25, -0.2) is 0 Å². The van der Waals surface area contributed by atoms with Crippen molar-refractivity contribution in [3.05, 3.63) is 29.8 Å². The average Bonchev–Trinajstić information content (AvgIpc) is 2.30. The highest BCUT2D eigenvalue weighted by Crippen LogP contribution is 2.28. The van der Waals surface area contributed by atoms with Crippen LogP contribution < -0.4 is 5.46 Å². The molecular formula is C9H10BCl. The van der Waals surface area contributed by atoms with Gasteiger partial charge in [-0.15, -0.1) is 0 Å². The Morgan fingerprint density at radius 2 is 2.18 bits per heavy atom. The second-order valence-corrected chi connectivity index (χ2v) is 3.76. The summed E-state index contributed by atoms with van der Waals surface area (Å²) in [5.74, 6) is 0.647. The van der Waals surface area contributed by atoms with Gasteiger partial charge < -0.3 is 0 Å². The fourth-order valence-corrected chi connectivity index (χ4v) is 2.28. The third kappa shape index (κ3) is 1.08. The van der Waals surface area contributed by atoms with Crippen LogP contribution in [0.3, 0.4) is 0 Å². The van der Waals surface area contributed by atoms with E-state index in [-0.39, 0.29) is 6.13 Å². The highest BCUT2D eigenvalue weighted by atomic mass is 35.5. The Morgan fingerprint density at radius 1 is 1.45 bits per heavy atom. The molecule has 0 nitrogen and oxygen atoms in total. The van der Waals surface area contributed by atoms with Crippen LogP contribution in [0.4, 0.5) is 0 Å². The van der Waals surface area contributed by atoms with Crippen molar-refractivity contribution in [2.75, 3.05) is 0 Å². The lowest BCUT2D eigenvalue weighted by Crippen LogP contribution is -2.19. The molecule has 1 atom stereocenters. The Hall–Kier alpha value is -0.425. The molecule has 56 valence electrons. The fourth-order valence-electron chi connectivity index (χ4n) is 1.81. The van der Waals surface area contributed by atoms with E-state index in [2.05, 4.69) is 31.2 Å². The standard InChI is InChI=1S/C9H10BCl/c1-7-6-10(11)9-5-3-2-4-8(7)9/h2-5,7H,6H2,1H3. The molecule has 0 bridgehead atoms. The van der Waals surface area contributed by atoms with Crippen LogP contribution in [-0.4, -0.2) is 6.13 Å². The molecule has 0 N–H and O–H groups in total. The molecule has 0 saturated carbocycles. The van der Waals surface area contributed by atoms with E-state index >= 15 is 0 Å². The maximum Gasteiger partial charge on any atom is 0.283 e. The first kappa shape index (κ1) is 7.24. The summed E-state index contributed by atoms with van der Waals surface area (Å²) in [5, 5.41) is 0. The molecule has 0 fully saturated rings. The third-order valence-corrected chi connectivity index (χ3v) is 2.84. The first-order valence-electron chi connectivity index (χ1n) is 4.02. The van der Waals surface area contributed by atoms with Crippen molar-refractivity contribution in [1.82, 2.24) is 0 Å². The van der Waals surface area contributed by atoms with Crippen molar-refractivity contribution < 1.29 is 0 Å². The van der Waals surface area contributed by atoms with Gasteiger partial charge in [-0.3, -0.25) is 0 Å². The van der Waals surface area contributed by atoms with Crippen LogP contribution >= 0.6 is 11.5 Å². The van der Waals surface area contributed by atoms with E-state index in [1.54, 1.807) is 0 Å². The highest BCUT2D eigenvalue weighted by molar-refractivity contribution is 7.15. The predicted octanol–water partition coefficient (Wildman–Crippen LogP) is 2.24. The molecule has 1 unspecified atom stereocenters. The van der Waals surface area contributed by atoms with Crippen LogP contribution in [-0.2, 0) is 0 Å². The molecular weight excluding hydrogens is 154 g/mol. The number of halogens is 1. The van der Waals surface area contributed by atoms with Crippen molar-refractivity contribution in [1.29, 1.82) is 0 Å². The lowest BCUT2D eigenvalue weighted by molar-refractivity contribution is 0.885. The molecule has 0 amide bonds. The maximum absolute atomic E-state index is 6.14. The van der Waals surface area contributed by atoms with Crippen LogP contribution in [0.5, 0.6) is 0 Å². The van der Waals surface area contributed by atoms with Gasteiger partial charge in [-0.2, -0.15) is 11.5 Å². The van der Waals surface area contributed by atoms with Crippen molar-refractivity contribution in [3.63, 3.8) is 0 Å². The molecule has 0 saturated heterocycles. The largest absolute Gasteiger partial charge is 0.283 e. The van der Waals surface area contributed by atoms with Gasteiger partial charge >= 0.3 is 0 Å². The SMILES string of the molecule is CC1CB(Cl)c2ccccc21. The molecule has 2 rings (SSSR count). The first-order chi connectivity index (χ1) is 5.29. The van der Waals surface area contributed by atoms with E-state index in [0.717, 1.165) is 6.32 Å². The molecule has 1 aliphatic rings. The zero-order chi connectivity index (χ0) is 7.84. The molecule has 2 heteroatoms. The van der Waals surface area contributed by atoms with Crippen LogP contribution in [0.15, 0.2) is 24.3 Å². The van der Waals surface area contributed by atoms with E-state index in [1.165, 1.54) is 11.0 Å². The molecule has 1 aromatic rings. The lowest BCUT2D eigenvalue weighted by Gasteiger charge is -2.01. The summed E-state index contributed by atoms with van der Waals surface area (Å²) in [7, 11) is 0. The second-order valence-electron chi connectivity index (χ2n) is 3.23. The lowest BCUT2D eigenvalue weighted by atomic mass is 9.69. The Bertz CT molecular complexity index is 245. The van der Waals surface area contributed by atoms with Crippen molar-refractivity contribution in [2.24, 2.45) is 0 Å². The number of hydrogen-bond donors (Lipinski definition) is 0. The van der Waals surface area contributed by atoms with Gasteiger partial charge in [0.25, 0.3) is 6.13 Å². The van der Waals surface area contributed by atoms with E-state index in [0.29, 0.717) is 5.92 Å². The summed E-state index contributed by atoms with van der Waals surface area (Å²) < 4.78 is 0. The van der Waals surface area contributed by atoms with Gasteiger partial charge in [0.1, 0.15) is 0 Å². The van der Waals surface area contributed by atoms with Gasteiger partial charge in [0.15, 0.2) is 0 Å². The summed E-state index contributed by atoms with van der Waals surface area (Å²) in [6.45, 7) is 2.24. The number of benzene rings is 1. The van der Waals surface area contributed by atoms with E-state index in [4.69, 9.17) is 11.5 Å². The molecule has 1 aliphatic heterocycles. The monoisotopic (exact) mass is 164 g/mol. The quantitative estimate of drug-likeness (QED) is 0.516. The second kappa shape index (κ2) is 2.56. The molecule has 1 aromatic carbocycles. The summed E-state index contributed by atoms with van der Waals surface area (Å²) >= 11 is 6.14. The predicted molar refractivity (Wildman–Crippen MR) is 50.9 cm³/mol. The highest BCUT2D eigenvalue weighted by Gasteiger charge is 2.28. The minimum absolute atomic E-state index is 0.251. The molecule has 0 aromatic heterocycles. The van der Waals surface area contributed by atoms with Gasteiger partial charge in [-0.1, -0.05) is 36.7 Å². The van der Waals surface area contributed by atoms with E-state index in [9.17, 15) is 0 Å². The summed E-state index contributed by atoms with van der Waals surface area (Å²) in [5.41, 5.74) is 2.77. The molecule has 11 heavy (non-hydrogen) atoms. The number of hydrogen-bond acceptors (Lipinski definition) is 0. The van der Waals surface area contributed by atoms with Crippen LogP contribution in [0.1, 0.15) is 18.4 Å². The van der Waals surface area contributed by atoms with Gasteiger partial charge in [0.2, 0.25) is 0 Å². The Morgan fingerprint density at radius 3 is 2.91 bits per heavy atom. The maximum atomic E-state index is 6.14. The number of rotatable bonds is 0. The summed E-state index contributed by atoms with van der Waals surface area (Å²) in [6, 6.07) is 8.47. The first-order valence-corrected chi connectivity index (χ1v) is 4.45. The molecule has 0 radical (unpaired) electrons. The summed E-state index contributed by atoms with van der Waals surface area (Å²) in [6.07, 6.45) is 1.35. The topological polar surface area (TPSA) is 0 Å². The van der Waals surface area contributed by atoms with Crippen LogP contribution in [0.25, 0.3) is 0 Å². The minimum atomic E-state index is 0.251. The van der Waals surface area contributed by atoms with Crippen molar-refractivity contribution >= 4 is 23.1 Å². The Kier molecular flexibility index (Phi) is 1.69. The van der Waals surface area contributed by atoms with Gasteiger partial charge in [-0.05, 0) is 17.8 Å². The number of fused-ring (bicyclic) bond motifs is 1. The summed E-state index contributed by atoms with van der Waals surface area (Å²) in [4.78, 5) is 0. The minimum Gasteiger partial charge on any atom is -0.189 e. The van der Waals surface area contributed by atoms with Crippen molar-refractivity contribution in [3.8, 4) is 0 Å². The molecule has 0 spiro atoms. The Balaban J connectivity index is 2.52. The zero-order valence-electron chi connectivity index (χ0n) is 6.55. The molecule has 1 heterocycles. The normalized spacial score (nSPS) is 22.0. The van der Waals surface area contributed by atoms with E-state index in [1.807, 2.05) is 0 Å². The van der Waals surface area contributed by atoms with Gasteiger partial charge in [0, 0.05) is 0 Å². The van der Waals surface area contributed by atoms with E-state index < -0.39 is 0 Å².